The van der Waals surface area contributed by atoms with Gasteiger partial charge >= 0.3 is 0 Å². The number of hydrogen-bond acceptors (Lipinski definition) is 11. The minimum atomic E-state index is -3.81. The maximum atomic E-state index is 12.5. The number of anilines is 2. The molecule has 278 valence electrons. The van der Waals surface area contributed by atoms with Gasteiger partial charge in [-0.25, -0.2) is 31.9 Å². The topological polar surface area (TPSA) is 226 Å². The fourth-order valence-corrected chi connectivity index (χ4v) is 9.48. The second-order valence-corrected chi connectivity index (χ2v) is 18.0. The molecule has 2 aliphatic carbocycles. The Balaban J connectivity index is 0.000000156. The highest BCUT2D eigenvalue weighted by Gasteiger charge is 2.43. The van der Waals surface area contributed by atoms with Crippen molar-refractivity contribution in [3.05, 3.63) is 60.2 Å². The molecule has 0 radical (unpaired) electrons. The van der Waals surface area contributed by atoms with Crippen molar-refractivity contribution in [1.82, 2.24) is 39.7 Å². The first kappa shape index (κ1) is 35.1. The lowest BCUT2D eigenvalue weighted by atomic mass is 9.80. The Kier molecular flexibility index (Phi) is 8.53. The summed E-state index contributed by atoms with van der Waals surface area (Å²) in [5, 5.41) is 15.6. The third kappa shape index (κ3) is 6.31. The first-order valence-corrected chi connectivity index (χ1v) is 21.1. The number of primary sulfonamides is 1. The van der Waals surface area contributed by atoms with E-state index < -0.39 is 19.9 Å². The maximum Gasteiger partial charge on any atom is 0.268 e. The Labute approximate surface area is 306 Å². The number of nitrogens with two attached hydrogens (primary N) is 1. The van der Waals surface area contributed by atoms with Crippen LogP contribution in [0.2, 0.25) is 0 Å². The molecule has 53 heavy (non-hydrogen) atoms. The second kappa shape index (κ2) is 12.9. The smallest absolute Gasteiger partial charge is 0.268 e. The van der Waals surface area contributed by atoms with Gasteiger partial charge in [0.25, 0.3) is 11.8 Å². The van der Waals surface area contributed by atoms with Crippen molar-refractivity contribution in [3.8, 4) is 0 Å². The van der Waals surface area contributed by atoms with E-state index in [1.807, 2.05) is 10.6 Å². The highest BCUT2D eigenvalue weighted by atomic mass is 32.2. The first-order chi connectivity index (χ1) is 25.3. The molecule has 0 bridgehead atoms. The molecule has 4 aromatic heterocycles. The predicted octanol–water partition coefficient (Wildman–Crippen LogP) is 3.46. The molecule has 2 amide bonds. The average molecular weight is 761 g/mol. The highest BCUT2D eigenvalue weighted by Crippen LogP contribution is 2.42. The molecule has 2 spiro atoms. The quantitative estimate of drug-likeness (QED) is 0.194. The van der Waals surface area contributed by atoms with Crippen LogP contribution in [0.3, 0.4) is 0 Å². The summed E-state index contributed by atoms with van der Waals surface area (Å²) in [6.07, 6.45) is 15.0. The Hall–Kier alpha value is -4.94. The molecule has 1 aromatic carbocycles. The largest absolute Gasteiger partial charge is 0.348 e. The summed E-state index contributed by atoms with van der Waals surface area (Å²) in [5.41, 5.74) is 2.56. The van der Waals surface area contributed by atoms with Crippen LogP contribution in [-0.2, 0) is 30.9 Å². The third-order valence-corrected chi connectivity index (χ3v) is 12.7. The molecule has 2 fully saturated rings. The highest BCUT2D eigenvalue weighted by molar-refractivity contribution is 7.90. The maximum absolute atomic E-state index is 12.5. The molecular weight excluding hydrogens is 721 g/mol. The van der Waals surface area contributed by atoms with Crippen LogP contribution in [0.25, 0.3) is 22.1 Å². The number of fused-ring (bicyclic) bond motifs is 8. The van der Waals surface area contributed by atoms with Crippen molar-refractivity contribution in [1.29, 1.82) is 0 Å². The molecule has 9 rings (SSSR count). The Morgan fingerprint density at radius 3 is 1.79 bits per heavy atom. The Morgan fingerprint density at radius 2 is 1.26 bits per heavy atom. The van der Waals surface area contributed by atoms with Gasteiger partial charge in [0, 0.05) is 48.2 Å². The van der Waals surface area contributed by atoms with Crippen LogP contribution in [0.1, 0.15) is 85.2 Å². The van der Waals surface area contributed by atoms with Gasteiger partial charge in [-0.2, -0.15) is 9.97 Å². The zero-order valence-electron chi connectivity index (χ0n) is 29.1. The number of sulfonamides is 1. The van der Waals surface area contributed by atoms with Crippen LogP contribution >= 0.6 is 0 Å². The second-order valence-electron chi connectivity index (χ2n) is 14.5. The van der Waals surface area contributed by atoms with Gasteiger partial charge < -0.3 is 25.1 Å². The summed E-state index contributed by atoms with van der Waals surface area (Å²) in [7, 11) is -7.30. The Bertz CT molecular complexity index is 2520. The minimum absolute atomic E-state index is 0.00599. The lowest BCUT2D eigenvalue weighted by molar-refractivity contribution is 0.0827. The van der Waals surface area contributed by atoms with Crippen molar-refractivity contribution in [2.75, 3.05) is 24.7 Å². The van der Waals surface area contributed by atoms with E-state index in [1.165, 1.54) is 31.2 Å². The molecule has 6 heterocycles. The monoisotopic (exact) mass is 760 g/mol. The van der Waals surface area contributed by atoms with E-state index in [1.54, 1.807) is 24.4 Å². The van der Waals surface area contributed by atoms with Crippen LogP contribution in [0.5, 0.6) is 0 Å². The number of nitrogens with zero attached hydrogens (tertiary/aromatic N) is 6. The summed E-state index contributed by atoms with van der Waals surface area (Å²) in [6, 6.07) is 9.77. The van der Waals surface area contributed by atoms with Crippen LogP contribution in [-0.4, -0.2) is 77.1 Å². The van der Waals surface area contributed by atoms with Gasteiger partial charge in [-0.15, -0.1) is 0 Å². The van der Waals surface area contributed by atoms with Gasteiger partial charge in [-0.3, -0.25) is 9.59 Å². The number of benzene rings is 1. The third-order valence-electron chi connectivity index (χ3n) is 10.9. The van der Waals surface area contributed by atoms with Crippen molar-refractivity contribution >= 4 is 65.4 Å². The molecule has 5 N–H and O–H groups in total. The molecule has 18 heteroatoms. The van der Waals surface area contributed by atoms with E-state index in [0.29, 0.717) is 52.8 Å². The summed E-state index contributed by atoms with van der Waals surface area (Å²) in [5.74, 6) is 0.0894. The van der Waals surface area contributed by atoms with Crippen molar-refractivity contribution in [3.63, 3.8) is 0 Å². The molecule has 5 aromatic rings. The SMILES string of the molecule is CS(=O)(=O)c1ncc2cc3n(c2n1)C1(CCCCC1)CNC3=O.NS(=O)(=O)c1cccc(Nc2ncc3cc4n(c3n2)C2(CCCCC2)CNC4=O)c1. The van der Waals surface area contributed by atoms with E-state index in [0.717, 1.165) is 63.0 Å². The molecule has 2 aliphatic heterocycles. The predicted molar refractivity (Wildman–Crippen MR) is 196 cm³/mol. The van der Waals surface area contributed by atoms with Gasteiger partial charge in [0.15, 0.2) is 0 Å². The van der Waals surface area contributed by atoms with E-state index in [4.69, 9.17) is 10.1 Å². The number of amides is 2. The Morgan fingerprint density at radius 1 is 0.736 bits per heavy atom. The van der Waals surface area contributed by atoms with Crippen LogP contribution in [0.15, 0.2) is 58.8 Å². The number of hydrogen-bond donors (Lipinski definition) is 4. The van der Waals surface area contributed by atoms with Crippen LogP contribution in [0.4, 0.5) is 11.6 Å². The molecule has 0 atom stereocenters. The molecule has 4 aliphatic rings. The van der Waals surface area contributed by atoms with Gasteiger partial charge in [0.05, 0.1) is 16.0 Å². The standard InChI is InChI=1S/C20H22N6O3S.C15H18N4O3S/c21-30(28,29)15-6-4-5-14(10-15)24-19-22-11-13-9-16-18(27)23-12-20(7-2-1-3-8-20)26(16)17(13)25-19;1-23(21,22)14-16-8-10-7-11-13(20)17-9-15(5-3-2-4-6-15)19(11)12(10)18-14/h4-6,9-11H,1-3,7-8,12H2,(H,23,27)(H2,21,28,29)(H,22,24,25);7-8H,2-6,9H2,1H3,(H,17,20). The number of nitrogens with one attached hydrogen (secondary N) is 3. The van der Waals surface area contributed by atoms with E-state index in [9.17, 15) is 26.4 Å². The summed E-state index contributed by atoms with van der Waals surface area (Å²) in [6.45, 7) is 1.17. The fraction of sp³-hybridized carbons (Fsp3) is 0.429. The van der Waals surface area contributed by atoms with Gasteiger partial charge in [-0.05, 0) is 56.0 Å². The normalized spacial score (nSPS) is 19.2. The lowest BCUT2D eigenvalue weighted by Gasteiger charge is -2.42. The van der Waals surface area contributed by atoms with Gasteiger partial charge in [0.1, 0.15) is 22.7 Å². The van der Waals surface area contributed by atoms with Crippen LogP contribution < -0.4 is 21.1 Å². The molecule has 2 saturated carbocycles. The number of aromatic nitrogens is 6. The number of rotatable bonds is 4. The van der Waals surface area contributed by atoms with Crippen molar-refractivity contribution < 1.29 is 26.4 Å². The fourth-order valence-electron chi connectivity index (χ4n) is 8.43. The average Bonchev–Trinajstić information content (AvgIpc) is 3.73. The zero-order valence-corrected chi connectivity index (χ0v) is 30.8. The number of carbonyl (C=O) groups excluding carboxylic acids is 2. The molecule has 0 saturated heterocycles. The van der Waals surface area contributed by atoms with Crippen molar-refractivity contribution in [2.24, 2.45) is 5.14 Å². The summed E-state index contributed by atoms with van der Waals surface area (Å²) in [4.78, 5) is 42.1. The lowest BCUT2D eigenvalue weighted by Crippen LogP contribution is -2.52. The number of carbonyl (C=O) groups is 2. The molecule has 0 unspecified atom stereocenters. The van der Waals surface area contributed by atoms with E-state index in [-0.39, 0.29) is 32.9 Å². The minimum Gasteiger partial charge on any atom is -0.348 e. The van der Waals surface area contributed by atoms with Crippen molar-refractivity contribution in [2.45, 2.75) is 85.3 Å². The van der Waals surface area contributed by atoms with Gasteiger partial charge in [-0.1, -0.05) is 44.6 Å². The van der Waals surface area contributed by atoms with Crippen LogP contribution in [0, 0.1) is 0 Å². The zero-order chi connectivity index (χ0) is 37.2. The first-order valence-electron chi connectivity index (χ1n) is 17.7. The van der Waals surface area contributed by atoms with Gasteiger partial charge in [0.2, 0.25) is 31.0 Å². The molecule has 16 nitrogen and oxygen atoms in total. The van der Waals surface area contributed by atoms with E-state index >= 15 is 0 Å². The van der Waals surface area contributed by atoms with E-state index in [2.05, 4.69) is 35.5 Å². The summed E-state index contributed by atoms with van der Waals surface area (Å²) < 4.78 is 50.9. The molecular formula is C35H40N10O6S2. The summed E-state index contributed by atoms with van der Waals surface area (Å²) >= 11 is 0. The number of sulfone groups is 1.